The standard InChI is InChI=1S/C13H17N3O3S/c1-7-4-16(5-9(7)11(17)18)13(19)15-12-14-10(6-20-12)8-2-3-8/h6-9H,2-5H2,1H3,(H,17,18)(H,14,15,19). The molecule has 108 valence electrons. The summed E-state index contributed by atoms with van der Waals surface area (Å²) in [4.78, 5) is 29.1. The van der Waals surface area contributed by atoms with Crippen LogP contribution in [0.2, 0.25) is 0 Å². The second-order valence-electron chi connectivity index (χ2n) is 5.61. The number of amides is 2. The number of anilines is 1. The number of hydrogen-bond donors (Lipinski definition) is 2. The van der Waals surface area contributed by atoms with Gasteiger partial charge in [0.2, 0.25) is 0 Å². The Morgan fingerprint density at radius 1 is 1.45 bits per heavy atom. The summed E-state index contributed by atoms with van der Waals surface area (Å²) < 4.78 is 0. The van der Waals surface area contributed by atoms with Crippen LogP contribution in [0.3, 0.4) is 0 Å². The lowest BCUT2D eigenvalue weighted by atomic mass is 9.99. The molecule has 0 bridgehead atoms. The van der Waals surface area contributed by atoms with Crippen molar-refractivity contribution in [2.24, 2.45) is 11.8 Å². The monoisotopic (exact) mass is 295 g/mol. The van der Waals surface area contributed by atoms with E-state index in [9.17, 15) is 9.59 Å². The first kappa shape index (κ1) is 13.4. The van der Waals surface area contributed by atoms with Gasteiger partial charge in [0, 0.05) is 24.4 Å². The average Bonchev–Trinajstić information content (AvgIpc) is 3.01. The fourth-order valence-electron chi connectivity index (χ4n) is 2.53. The predicted octanol–water partition coefficient (Wildman–Crippen LogP) is 2.20. The van der Waals surface area contributed by atoms with Gasteiger partial charge >= 0.3 is 12.0 Å². The summed E-state index contributed by atoms with van der Waals surface area (Å²) in [6, 6.07) is -0.253. The molecule has 0 aromatic carbocycles. The molecule has 3 rings (SSSR count). The zero-order chi connectivity index (χ0) is 14.3. The molecule has 1 saturated carbocycles. The molecule has 1 aliphatic heterocycles. The Bertz CT molecular complexity index is 541. The molecule has 2 heterocycles. The highest BCUT2D eigenvalue weighted by Crippen LogP contribution is 2.40. The summed E-state index contributed by atoms with van der Waals surface area (Å²) in [7, 11) is 0. The van der Waals surface area contributed by atoms with Gasteiger partial charge < -0.3 is 10.0 Å². The molecule has 2 aliphatic rings. The maximum atomic E-state index is 12.1. The van der Waals surface area contributed by atoms with E-state index in [2.05, 4.69) is 10.3 Å². The number of carboxylic acid groups (broad SMARTS) is 1. The van der Waals surface area contributed by atoms with E-state index in [1.807, 2.05) is 12.3 Å². The fourth-order valence-corrected chi connectivity index (χ4v) is 3.32. The number of aromatic nitrogens is 1. The molecule has 2 atom stereocenters. The van der Waals surface area contributed by atoms with Crippen molar-refractivity contribution in [1.82, 2.24) is 9.88 Å². The van der Waals surface area contributed by atoms with Gasteiger partial charge in [-0.1, -0.05) is 6.92 Å². The first-order valence-electron chi connectivity index (χ1n) is 6.78. The molecule has 1 saturated heterocycles. The number of carboxylic acids is 1. The molecule has 20 heavy (non-hydrogen) atoms. The maximum absolute atomic E-state index is 12.1. The van der Waals surface area contributed by atoms with E-state index < -0.39 is 11.9 Å². The molecule has 1 aromatic rings. The Morgan fingerprint density at radius 2 is 2.20 bits per heavy atom. The number of carbonyl (C=O) groups is 2. The minimum Gasteiger partial charge on any atom is -0.481 e. The lowest BCUT2D eigenvalue weighted by molar-refractivity contribution is -0.142. The highest BCUT2D eigenvalue weighted by molar-refractivity contribution is 7.13. The molecular formula is C13H17N3O3S. The van der Waals surface area contributed by atoms with Gasteiger partial charge in [-0.25, -0.2) is 9.78 Å². The molecule has 2 N–H and O–H groups in total. The highest BCUT2D eigenvalue weighted by Gasteiger charge is 2.37. The van der Waals surface area contributed by atoms with E-state index >= 15 is 0 Å². The highest BCUT2D eigenvalue weighted by atomic mass is 32.1. The van der Waals surface area contributed by atoms with Crippen LogP contribution in [0.15, 0.2) is 5.38 Å². The number of thiazole rings is 1. The normalized spacial score (nSPS) is 25.8. The van der Waals surface area contributed by atoms with E-state index in [0.29, 0.717) is 17.6 Å². The second kappa shape index (κ2) is 5.05. The van der Waals surface area contributed by atoms with Gasteiger partial charge in [0.25, 0.3) is 0 Å². The Morgan fingerprint density at radius 3 is 2.80 bits per heavy atom. The quantitative estimate of drug-likeness (QED) is 0.895. The minimum absolute atomic E-state index is 0.0171. The van der Waals surface area contributed by atoms with Crippen molar-refractivity contribution < 1.29 is 14.7 Å². The Balaban J connectivity index is 1.60. The topological polar surface area (TPSA) is 82.5 Å². The zero-order valence-corrected chi connectivity index (χ0v) is 12.0. The Hall–Kier alpha value is -1.63. The number of nitrogens with one attached hydrogen (secondary N) is 1. The zero-order valence-electron chi connectivity index (χ0n) is 11.2. The lowest BCUT2D eigenvalue weighted by Gasteiger charge is -2.15. The number of rotatable bonds is 3. The van der Waals surface area contributed by atoms with Crippen LogP contribution in [0.5, 0.6) is 0 Å². The summed E-state index contributed by atoms with van der Waals surface area (Å²) in [5, 5.41) is 14.4. The van der Waals surface area contributed by atoms with Crippen LogP contribution in [-0.2, 0) is 4.79 Å². The third-order valence-corrected chi connectivity index (χ3v) is 4.72. The van der Waals surface area contributed by atoms with E-state index in [4.69, 9.17) is 5.11 Å². The van der Waals surface area contributed by atoms with Gasteiger partial charge in [0.1, 0.15) is 0 Å². The number of aliphatic carboxylic acids is 1. The molecule has 1 aromatic heterocycles. The Labute approximate surface area is 120 Å². The van der Waals surface area contributed by atoms with Crippen LogP contribution in [-0.4, -0.2) is 40.1 Å². The van der Waals surface area contributed by atoms with Crippen LogP contribution < -0.4 is 5.32 Å². The lowest BCUT2D eigenvalue weighted by Crippen LogP contribution is -2.33. The molecule has 6 nitrogen and oxygen atoms in total. The molecular weight excluding hydrogens is 278 g/mol. The molecule has 0 spiro atoms. The minimum atomic E-state index is -0.835. The van der Waals surface area contributed by atoms with Crippen molar-refractivity contribution in [3.8, 4) is 0 Å². The van der Waals surface area contributed by atoms with Crippen LogP contribution >= 0.6 is 11.3 Å². The summed E-state index contributed by atoms with van der Waals surface area (Å²) >= 11 is 1.43. The number of urea groups is 1. The van der Waals surface area contributed by atoms with Crippen molar-refractivity contribution in [2.45, 2.75) is 25.7 Å². The first-order valence-corrected chi connectivity index (χ1v) is 7.66. The maximum Gasteiger partial charge on any atom is 0.323 e. The smallest absolute Gasteiger partial charge is 0.323 e. The van der Waals surface area contributed by atoms with Crippen molar-refractivity contribution in [1.29, 1.82) is 0 Å². The molecule has 2 fully saturated rings. The van der Waals surface area contributed by atoms with Crippen LogP contribution in [0.4, 0.5) is 9.93 Å². The van der Waals surface area contributed by atoms with Crippen molar-refractivity contribution >= 4 is 28.5 Å². The fraction of sp³-hybridized carbons (Fsp3) is 0.615. The van der Waals surface area contributed by atoms with Crippen molar-refractivity contribution in [3.05, 3.63) is 11.1 Å². The summed E-state index contributed by atoms with van der Waals surface area (Å²) in [6.07, 6.45) is 2.36. The number of carbonyl (C=O) groups excluding carboxylic acids is 1. The average molecular weight is 295 g/mol. The molecule has 0 radical (unpaired) electrons. The van der Waals surface area contributed by atoms with E-state index in [1.54, 1.807) is 4.90 Å². The Kier molecular flexibility index (Phi) is 3.37. The van der Waals surface area contributed by atoms with Gasteiger partial charge in [0.15, 0.2) is 5.13 Å². The SMILES string of the molecule is CC1CN(C(=O)Nc2nc(C3CC3)cs2)CC1C(=O)O. The predicted molar refractivity (Wildman–Crippen MR) is 75.0 cm³/mol. The van der Waals surface area contributed by atoms with E-state index in [-0.39, 0.29) is 18.5 Å². The van der Waals surface area contributed by atoms with Crippen LogP contribution in [0.25, 0.3) is 0 Å². The summed E-state index contributed by atoms with van der Waals surface area (Å²) in [5.74, 6) is -0.756. The van der Waals surface area contributed by atoms with Crippen molar-refractivity contribution in [2.75, 3.05) is 18.4 Å². The van der Waals surface area contributed by atoms with E-state index in [1.165, 1.54) is 24.2 Å². The van der Waals surface area contributed by atoms with Gasteiger partial charge in [-0.05, 0) is 18.8 Å². The molecule has 7 heteroatoms. The van der Waals surface area contributed by atoms with Gasteiger partial charge in [-0.15, -0.1) is 11.3 Å². The van der Waals surface area contributed by atoms with E-state index in [0.717, 1.165) is 5.69 Å². The van der Waals surface area contributed by atoms with Crippen LogP contribution in [0, 0.1) is 11.8 Å². The molecule has 2 amide bonds. The number of nitrogens with zero attached hydrogens (tertiary/aromatic N) is 2. The first-order chi connectivity index (χ1) is 9.54. The largest absolute Gasteiger partial charge is 0.481 e. The van der Waals surface area contributed by atoms with Gasteiger partial charge in [0.05, 0.1) is 11.6 Å². The number of likely N-dealkylation sites (tertiary alicyclic amines) is 1. The van der Waals surface area contributed by atoms with Crippen molar-refractivity contribution in [3.63, 3.8) is 0 Å². The van der Waals surface area contributed by atoms with Crippen LogP contribution in [0.1, 0.15) is 31.4 Å². The van der Waals surface area contributed by atoms with Gasteiger partial charge in [-0.2, -0.15) is 0 Å². The molecule has 2 unspecified atom stereocenters. The molecule has 1 aliphatic carbocycles. The number of hydrogen-bond acceptors (Lipinski definition) is 4. The third-order valence-electron chi connectivity index (χ3n) is 3.95. The van der Waals surface area contributed by atoms with Gasteiger partial charge in [-0.3, -0.25) is 10.1 Å². The third kappa shape index (κ3) is 2.63. The second-order valence-corrected chi connectivity index (χ2v) is 6.47. The summed E-state index contributed by atoms with van der Waals surface area (Å²) in [5.41, 5.74) is 1.06. The summed E-state index contributed by atoms with van der Waals surface area (Å²) in [6.45, 7) is 2.60.